The van der Waals surface area contributed by atoms with Crippen molar-refractivity contribution in [1.29, 1.82) is 0 Å². The van der Waals surface area contributed by atoms with Gasteiger partial charge >= 0.3 is 6.03 Å². The van der Waals surface area contributed by atoms with Crippen LogP contribution in [0.25, 0.3) is 0 Å². The van der Waals surface area contributed by atoms with Crippen molar-refractivity contribution >= 4 is 23.2 Å². The average molecular weight is 316 g/mol. The number of nitrogens with one attached hydrogen (secondary N) is 2. The molecule has 1 aliphatic carbocycles. The quantitative estimate of drug-likeness (QED) is 0.828. The molecule has 22 heavy (non-hydrogen) atoms. The van der Waals surface area contributed by atoms with Crippen molar-refractivity contribution in [3.63, 3.8) is 0 Å². The standard InChI is InChI=1S/C16H20N4OS/c21-16(17-10-14-7-9-22-12-14)19-15-6-8-18-20(15)11-13-4-2-1-3-5-13/h1-2,6-9,12-13H,3-5,10-11H2,(H2,17,19,21). The van der Waals surface area contributed by atoms with E-state index in [-0.39, 0.29) is 6.03 Å². The Balaban J connectivity index is 1.52. The minimum absolute atomic E-state index is 0.198. The summed E-state index contributed by atoms with van der Waals surface area (Å²) in [4.78, 5) is 12.0. The zero-order valence-corrected chi connectivity index (χ0v) is 13.2. The predicted molar refractivity (Wildman–Crippen MR) is 88.9 cm³/mol. The van der Waals surface area contributed by atoms with Gasteiger partial charge in [-0.05, 0) is 47.6 Å². The van der Waals surface area contributed by atoms with E-state index in [2.05, 4.69) is 27.9 Å². The van der Waals surface area contributed by atoms with Gasteiger partial charge in [-0.15, -0.1) is 0 Å². The molecule has 0 saturated heterocycles. The molecule has 1 atom stereocenters. The van der Waals surface area contributed by atoms with Gasteiger partial charge in [-0.1, -0.05) is 12.2 Å². The van der Waals surface area contributed by atoms with E-state index in [1.165, 1.54) is 6.42 Å². The van der Waals surface area contributed by atoms with Gasteiger partial charge in [0.1, 0.15) is 5.82 Å². The van der Waals surface area contributed by atoms with Crippen molar-refractivity contribution < 1.29 is 4.79 Å². The van der Waals surface area contributed by atoms with Gasteiger partial charge in [0, 0.05) is 19.2 Å². The molecule has 2 N–H and O–H groups in total. The van der Waals surface area contributed by atoms with Crippen LogP contribution in [0.15, 0.2) is 41.2 Å². The first kappa shape index (κ1) is 14.8. The molecule has 2 aromatic rings. The van der Waals surface area contributed by atoms with Gasteiger partial charge in [0.05, 0.1) is 6.20 Å². The molecule has 116 valence electrons. The van der Waals surface area contributed by atoms with Crippen LogP contribution in [0.4, 0.5) is 10.6 Å². The minimum Gasteiger partial charge on any atom is -0.334 e. The molecule has 2 heterocycles. The fraction of sp³-hybridized carbons (Fsp3) is 0.375. The number of allylic oxidation sites excluding steroid dienone is 2. The summed E-state index contributed by atoms with van der Waals surface area (Å²) in [6.45, 7) is 1.38. The van der Waals surface area contributed by atoms with Crippen LogP contribution in [0.3, 0.4) is 0 Å². The van der Waals surface area contributed by atoms with Gasteiger partial charge in [0.2, 0.25) is 0 Å². The second kappa shape index (κ2) is 7.26. The third kappa shape index (κ3) is 3.98. The number of urea groups is 1. The smallest absolute Gasteiger partial charge is 0.320 e. The van der Waals surface area contributed by atoms with E-state index in [0.29, 0.717) is 12.5 Å². The highest BCUT2D eigenvalue weighted by Gasteiger charge is 2.14. The van der Waals surface area contributed by atoms with E-state index in [1.54, 1.807) is 17.5 Å². The highest BCUT2D eigenvalue weighted by atomic mass is 32.1. The van der Waals surface area contributed by atoms with Crippen LogP contribution in [0.1, 0.15) is 24.8 Å². The van der Waals surface area contributed by atoms with E-state index in [1.807, 2.05) is 27.6 Å². The van der Waals surface area contributed by atoms with Crippen LogP contribution in [0.5, 0.6) is 0 Å². The zero-order chi connectivity index (χ0) is 15.2. The lowest BCUT2D eigenvalue weighted by molar-refractivity contribution is 0.251. The summed E-state index contributed by atoms with van der Waals surface area (Å²) in [5, 5.41) is 14.1. The molecule has 0 aliphatic heterocycles. The number of hydrogen-bond donors (Lipinski definition) is 2. The molecule has 6 heteroatoms. The van der Waals surface area contributed by atoms with Crippen molar-refractivity contribution in [1.82, 2.24) is 15.1 Å². The molecule has 2 amide bonds. The lowest BCUT2D eigenvalue weighted by Gasteiger charge is -2.19. The minimum atomic E-state index is -0.198. The number of hydrogen-bond acceptors (Lipinski definition) is 3. The van der Waals surface area contributed by atoms with Gasteiger partial charge in [0.15, 0.2) is 0 Å². The number of carbonyl (C=O) groups excluding carboxylic acids is 1. The van der Waals surface area contributed by atoms with Crippen LogP contribution in [0, 0.1) is 5.92 Å². The molecule has 0 bridgehead atoms. The second-order valence-corrected chi connectivity index (χ2v) is 6.27. The highest BCUT2D eigenvalue weighted by molar-refractivity contribution is 7.07. The van der Waals surface area contributed by atoms with Crippen molar-refractivity contribution in [2.45, 2.75) is 32.4 Å². The Hall–Kier alpha value is -2.08. The van der Waals surface area contributed by atoms with Gasteiger partial charge in [-0.2, -0.15) is 16.4 Å². The number of aromatic nitrogens is 2. The fourth-order valence-electron chi connectivity index (χ4n) is 2.59. The van der Waals surface area contributed by atoms with Crippen LogP contribution >= 0.6 is 11.3 Å². The Kier molecular flexibility index (Phi) is 4.90. The maximum Gasteiger partial charge on any atom is 0.320 e. The number of nitrogens with zero attached hydrogens (tertiary/aromatic N) is 2. The molecular weight excluding hydrogens is 296 g/mol. The Morgan fingerprint density at radius 3 is 3.14 bits per heavy atom. The predicted octanol–water partition coefficient (Wildman–Crippen LogP) is 3.62. The Labute approximate surface area is 134 Å². The first-order valence-corrected chi connectivity index (χ1v) is 8.48. The lowest BCUT2D eigenvalue weighted by Crippen LogP contribution is -2.29. The van der Waals surface area contributed by atoms with Crippen molar-refractivity contribution in [3.8, 4) is 0 Å². The first-order valence-electron chi connectivity index (χ1n) is 7.54. The maximum absolute atomic E-state index is 12.0. The molecule has 0 radical (unpaired) electrons. The van der Waals surface area contributed by atoms with Crippen LogP contribution in [-0.4, -0.2) is 15.8 Å². The molecular formula is C16H20N4OS. The van der Waals surface area contributed by atoms with E-state index >= 15 is 0 Å². The summed E-state index contributed by atoms with van der Waals surface area (Å²) in [6.07, 6.45) is 9.60. The number of carbonyl (C=O) groups is 1. The summed E-state index contributed by atoms with van der Waals surface area (Å²) >= 11 is 1.63. The molecule has 0 fully saturated rings. The number of thiophene rings is 1. The number of anilines is 1. The fourth-order valence-corrected chi connectivity index (χ4v) is 3.26. The van der Waals surface area contributed by atoms with Gasteiger partial charge < -0.3 is 5.32 Å². The monoisotopic (exact) mass is 316 g/mol. The average Bonchev–Trinajstić information content (AvgIpc) is 3.19. The SMILES string of the molecule is O=C(NCc1ccsc1)Nc1ccnn1CC1CC=CCC1. The molecule has 0 spiro atoms. The summed E-state index contributed by atoms with van der Waals surface area (Å²) in [5.74, 6) is 1.34. The first-order chi connectivity index (χ1) is 10.8. The van der Waals surface area contributed by atoms with E-state index < -0.39 is 0 Å². The molecule has 1 unspecified atom stereocenters. The summed E-state index contributed by atoms with van der Waals surface area (Å²) < 4.78 is 1.88. The second-order valence-electron chi connectivity index (χ2n) is 5.49. The van der Waals surface area contributed by atoms with Crippen molar-refractivity contribution in [2.24, 2.45) is 5.92 Å². The molecule has 0 aromatic carbocycles. The van der Waals surface area contributed by atoms with E-state index in [9.17, 15) is 4.79 Å². The number of rotatable bonds is 5. The van der Waals surface area contributed by atoms with Crippen molar-refractivity contribution in [3.05, 3.63) is 46.8 Å². The van der Waals surface area contributed by atoms with E-state index in [4.69, 9.17) is 0 Å². The topological polar surface area (TPSA) is 59.0 Å². The highest BCUT2D eigenvalue weighted by Crippen LogP contribution is 2.21. The van der Waals surface area contributed by atoms with Gasteiger partial charge in [0.25, 0.3) is 0 Å². The zero-order valence-electron chi connectivity index (χ0n) is 12.4. The normalized spacial score (nSPS) is 17.4. The van der Waals surface area contributed by atoms with Crippen LogP contribution < -0.4 is 10.6 Å². The third-order valence-corrected chi connectivity index (χ3v) is 4.53. The lowest BCUT2D eigenvalue weighted by atomic mass is 9.94. The molecule has 0 saturated carbocycles. The van der Waals surface area contributed by atoms with Crippen molar-refractivity contribution in [2.75, 3.05) is 5.32 Å². The Morgan fingerprint density at radius 2 is 2.36 bits per heavy atom. The largest absolute Gasteiger partial charge is 0.334 e. The molecule has 5 nitrogen and oxygen atoms in total. The molecule has 3 rings (SSSR count). The molecule has 1 aliphatic rings. The summed E-state index contributed by atoms with van der Waals surface area (Å²) in [5.41, 5.74) is 1.11. The molecule has 2 aromatic heterocycles. The Bertz CT molecular complexity index is 632. The summed E-state index contributed by atoms with van der Waals surface area (Å²) in [7, 11) is 0. The van der Waals surface area contributed by atoms with Gasteiger partial charge in [-0.3, -0.25) is 5.32 Å². The third-order valence-electron chi connectivity index (χ3n) is 3.80. The number of amides is 2. The van der Waals surface area contributed by atoms with Crippen LogP contribution in [0.2, 0.25) is 0 Å². The van der Waals surface area contributed by atoms with Crippen LogP contribution in [-0.2, 0) is 13.1 Å². The Morgan fingerprint density at radius 1 is 1.41 bits per heavy atom. The van der Waals surface area contributed by atoms with E-state index in [0.717, 1.165) is 30.8 Å². The summed E-state index contributed by atoms with van der Waals surface area (Å²) in [6, 6.07) is 3.64. The van der Waals surface area contributed by atoms with Gasteiger partial charge in [-0.25, -0.2) is 9.48 Å². The maximum atomic E-state index is 12.0.